The van der Waals surface area contributed by atoms with Crippen molar-refractivity contribution in [1.82, 2.24) is 4.98 Å². The lowest BCUT2D eigenvalue weighted by Gasteiger charge is -2.12. The van der Waals surface area contributed by atoms with Crippen LogP contribution in [0.5, 0.6) is 0 Å². The lowest BCUT2D eigenvalue weighted by molar-refractivity contribution is -0.117. The molecule has 1 heterocycles. The van der Waals surface area contributed by atoms with Gasteiger partial charge in [0.25, 0.3) is 0 Å². The Morgan fingerprint density at radius 3 is 2.59 bits per heavy atom. The van der Waals surface area contributed by atoms with Crippen molar-refractivity contribution in [1.29, 1.82) is 0 Å². The van der Waals surface area contributed by atoms with Crippen LogP contribution in [-0.2, 0) is 4.79 Å². The summed E-state index contributed by atoms with van der Waals surface area (Å²) in [6, 6.07) is 5.59. The summed E-state index contributed by atoms with van der Waals surface area (Å²) in [5.74, 6) is -0.161. The Kier molecular flexibility index (Phi) is 5.26. The molecule has 2 aromatic rings. The number of rotatable bonds is 5. The molecule has 1 aromatic carbocycles. The van der Waals surface area contributed by atoms with E-state index in [0.717, 1.165) is 16.1 Å². The number of thiazole rings is 1. The predicted molar refractivity (Wildman–Crippen MR) is 88.3 cm³/mol. The van der Waals surface area contributed by atoms with Crippen LogP contribution >= 0.6 is 11.3 Å². The fourth-order valence-corrected chi connectivity index (χ4v) is 2.98. The van der Waals surface area contributed by atoms with Crippen LogP contribution in [0.25, 0.3) is 11.3 Å². The molecule has 0 aliphatic carbocycles. The molecule has 0 unspecified atom stereocenters. The van der Waals surface area contributed by atoms with Gasteiger partial charge in [0.2, 0.25) is 5.91 Å². The maximum Gasteiger partial charge on any atom is 0.243 e. The Labute approximate surface area is 133 Å². The third-order valence-corrected chi connectivity index (χ3v) is 4.09. The number of nitrogens with one attached hydrogen (secondary N) is 1. The van der Waals surface area contributed by atoms with Gasteiger partial charge in [-0.05, 0) is 43.5 Å². The van der Waals surface area contributed by atoms with Crippen LogP contribution in [0.3, 0.4) is 0 Å². The quantitative estimate of drug-likeness (QED) is 0.884. The Morgan fingerprint density at radius 2 is 2.00 bits per heavy atom. The Hall–Kier alpha value is -1.79. The Bertz CT molecular complexity index is 652. The number of halogens is 1. The highest BCUT2D eigenvalue weighted by Gasteiger charge is 2.18. The molecule has 0 bridgehead atoms. The highest BCUT2D eigenvalue weighted by Crippen LogP contribution is 2.30. The van der Waals surface area contributed by atoms with E-state index in [9.17, 15) is 9.18 Å². The molecule has 1 amide bonds. The molecule has 0 saturated heterocycles. The average Bonchev–Trinajstić information content (AvgIpc) is 2.79. The van der Waals surface area contributed by atoms with Crippen molar-refractivity contribution in [2.75, 3.05) is 5.32 Å². The van der Waals surface area contributed by atoms with Gasteiger partial charge in [0, 0.05) is 10.4 Å². The molecule has 0 saturated carbocycles. The first-order chi connectivity index (χ1) is 10.4. The topological polar surface area (TPSA) is 68.0 Å². The fraction of sp³-hybridized carbons (Fsp3) is 0.375. The van der Waals surface area contributed by atoms with Gasteiger partial charge in [0.1, 0.15) is 5.82 Å². The van der Waals surface area contributed by atoms with E-state index in [1.54, 1.807) is 12.1 Å². The van der Waals surface area contributed by atoms with Gasteiger partial charge in [-0.2, -0.15) is 0 Å². The van der Waals surface area contributed by atoms with Crippen molar-refractivity contribution >= 4 is 22.4 Å². The van der Waals surface area contributed by atoms with Crippen LogP contribution in [0.4, 0.5) is 9.52 Å². The number of amides is 1. The molecule has 6 heteroatoms. The lowest BCUT2D eigenvalue weighted by Crippen LogP contribution is -2.36. The Balaban J connectivity index is 2.13. The number of nitrogens with zero attached hydrogens (tertiary/aromatic N) is 1. The van der Waals surface area contributed by atoms with Crippen molar-refractivity contribution in [3.8, 4) is 11.3 Å². The first-order valence-electron chi connectivity index (χ1n) is 7.16. The molecule has 3 N–H and O–H groups in total. The van der Waals surface area contributed by atoms with Crippen LogP contribution in [0.2, 0.25) is 0 Å². The minimum absolute atomic E-state index is 0.229. The summed E-state index contributed by atoms with van der Waals surface area (Å²) in [7, 11) is 0. The van der Waals surface area contributed by atoms with E-state index >= 15 is 0 Å². The number of carbonyl (C=O) groups is 1. The van der Waals surface area contributed by atoms with Crippen molar-refractivity contribution in [3.63, 3.8) is 0 Å². The van der Waals surface area contributed by atoms with Crippen LogP contribution in [-0.4, -0.2) is 16.9 Å². The third-order valence-electron chi connectivity index (χ3n) is 3.21. The number of aromatic nitrogens is 1. The maximum absolute atomic E-state index is 13.0. The molecular formula is C16H20FN3OS. The molecule has 22 heavy (non-hydrogen) atoms. The number of hydrogen-bond donors (Lipinski definition) is 2. The zero-order valence-electron chi connectivity index (χ0n) is 12.9. The molecule has 0 aliphatic heterocycles. The number of anilines is 1. The van der Waals surface area contributed by atoms with Crippen molar-refractivity contribution in [2.45, 2.75) is 33.2 Å². The normalized spacial score (nSPS) is 12.5. The fourth-order valence-electron chi connectivity index (χ4n) is 2.14. The number of carbonyl (C=O) groups excluding carboxylic acids is 1. The summed E-state index contributed by atoms with van der Waals surface area (Å²) in [4.78, 5) is 17.4. The first kappa shape index (κ1) is 16.6. The number of nitrogens with two attached hydrogens (primary N) is 1. The summed E-state index contributed by atoms with van der Waals surface area (Å²) in [6.07, 6.45) is 0.626. The monoisotopic (exact) mass is 321 g/mol. The van der Waals surface area contributed by atoms with E-state index in [0.29, 0.717) is 17.5 Å². The summed E-state index contributed by atoms with van der Waals surface area (Å²) in [5.41, 5.74) is 7.43. The average molecular weight is 321 g/mol. The number of benzene rings is 1. The van der Waals surface area contributed by atoms with E-state index in [1.165, 1.54) is 23.5 Å². The second-order valence-electron chi connectivity index (χ2n) is 5.66. The highest BCUT2D eigenvalue weighted by molar-refractivity contribution is 7.16. The number of hydrogen-bond acceptors (Lipinski definition) is 4. The van der Waals surface area contributed by atoms with Crippen molar-refractivity contribution in [2.24, 2.45) is 11.7 Å². The largest absolute Gasteiger partial charge is 0.320 e. The summed E-state index contributed by atoms with van der Waals surface area (Å²) < 4.78 is 13.0. The van der Waals surface area contributed by atoms with Gasteiger partial charge in [0.15, 0.2) is 5.13 Å². The summed E-state index contributed by atoms with van der Waals surface area (Å²) in [5, 5.41) is 3.27. The maximum atomic E-state index is 13.0. The molecule has 0 spiro atoms. The second kappa shape index (κ2) is 6.98. The van der Waals surface area contributed by atoms with Gasteiger partial charge in [-0.1, -0.05) is 13.8 Å². The van der Waals surface area contributed by atoms with E-state index < -0.39 is 6.04 Å². The van der Waals surface area contributed by atoms with Crippen LogP contribution < -0.4 is 11.1 Å². The Morgan fingerprint density at radius 1 is 1.36 bits per heavy atom. The van der Waals surface area contributed by atoms with Gasteiger partial charge in [-0.3, -0.25) is 4.79 Å². The smallest absolute Gasteiger partial charge is 0.243 e. The lowest BCUT2D eigenvalue weighted by atomic mass is 10.0. The SMILES string of the molecule is Cc1sc(NC(=O)[C@@H](N)CC(C)C)nc1-c1ccc(F)cc1. The van der Waals surface area contributed by atoms with Crippen molar-refractivity contribution < 1.29 is 9.18 Å². The molecule has 0 fully saturated rings. The zero-order chi connectivity index (χ0) is 16.3. The highest BCUT2D eigenvalue weighted by atomic mass is 32.1. The van der Waals surface area contributed by atoms with Crippen molar-refractivity contribution in [3.05, 3.63) is 35.0 Å². The molecular weight excluding hydrogens is 301 g/mol. The molecule has 1 atom stereocenters. The second-order valence-corrected chi connectivity index (χ2v) is 6.86. The van der Waals surface area contributed by atoms with E-state index in [2.05, 4.69) is 10.3 Å². The summed E-state index contributed by atoms with van der Waals surface area (Å²) >= 11 is 1.39. The molecule has 2 rings (SSSR count). The minimum atomic E-state index is -0.543. The predicted octanol–water partition coefficient (Wildman–Crippen LogP) is 3.57. The molecule has 4 nitrogen and oxygen atoms in total. The molecule has 1 aromatic heterocycles. The van der Waals surface area contributed by atoms with Crippen LogP contribution in [0.1, 0.15) is 25.1 Å². The van der Waals surface area contributed by atoms with E-state index in [1.807, 2.05) is 20.8 Å². The van der Waals surface area contributed by atoms with Crippen LogP contribution in [0, 0.1) is 18.7 Å². The first-order valence-corrected chi connectivity index (χ1v) is 7.98. The minimum Gasteiger partial charge on any atom is -0.320 e. The van der Waals surface area contributed by atoms with Gasteiger partial charge in [-0.25, -0.2) is 9.37 Å². The third kappa shape index (κ3) is 4.11. The molecule has 118 valence electrons. The number of aryl methyl sites for hydroxylation is 1. The molecule has 0 aliphatic rings. The molecule has 0 radical (unpaired) electrons. The van der Waals surface area contributed by atoms with Crippen LogP contribution in [0.15, 0.2) is 24.3 Å². The zero-order valence-corrected chi connectivity index (χ0v) is 13.7. The van der Waals surface area contributed by atoms with E-state index in [4.69, 9.17) is 5.73 Å². The van der Waals surface area contributed by atoms with Gasteiger partial charge >= 0.3 is 0 Å². The van der Waals surface area contributed by atoms with Gasteiger partial charge in [0.05, 0.1) is 11.7 Å². The van der Waals surface area contributed by atoms with Gasteiger partial charge < -0.3 is 11.1 Å². The van der Waals surface area contributed by atoms with E-state index in [-0.39, 0.29) is 11.7 Å². The van der Waals surface area contributed by atoms with Gasteiger partial charge in [-0.15, -0.1) is 11.3 Å². The summed E-state index contributed by atoms with van der Waals surface area (Å²) in [6.45, 7) is 5.96. The standard InChI is InChI=1S/C16H20FN3OS/c1-9(2)8-13(18)15(21)20-16-19-14(10(3)22-16)11-4-6-12(17)7-5-11/h4-7,9,13H,8,18H2,1-3H3,(H,19,20,21)/t13-/m0/s1.